The first kappa shape index (κ1) is 46.2. The van der Waals surface area contributed by atoms with Gasteiger partial charge in [0.15, 0.2) is 8.32 Å². The smallest absolute Gasteiger partial charge is 0.0771 e. The molecule has 2 radical (unpaired) electrons. The number of fused-ring (bicyclic) bond motifs is 3. The van der Waals surface area contributed by atoms with Crippen molar-refractivity contribution < 1.29 is 24.8 Å². The van der Waals surface area contributed by atoms with Gasteiger partial charge in [-0.1, -0.05) is 70.3 Å². The molecule has 0 atom stereocenters. The van der Waals surface area contributed by atoms with Gasteiger partial charge in [0, 0.05) is 9.52 Å². The van der Waals surface area contributed by atoms with E-state index in [-0.39, 0.29) is 37.8 Å². The number of hydrogen-bond acceptors (Lipinski definition) is 1. The van der Waals surface area contributed by atoms with Gasteiger partial charge in [0.1, 0.15) is 0 Å². The van der Waals surface area contributed by atoms with Crippen molar-refractivity contribution in [3.63, 3.8) is 0 Å². The Morgan fingerprint density at radius 2 is 1.06 bits per heavy atom. The minimum absolute atomic E-state index is 0. The van der Waals surface area contributed by atoms with Crippen LogP contribution >= 0.6 is 24.8 Å². The van der Waals surface area contributed by atoms with E-state index in [0.29, 0.717) is 0 Å². The molecule has 0 saturated heterocycles. The average molecular weight is 565 g/mol. The first-order valence-electron chi connectivity index (χ1n) is 10.0. The maximum atomic E-state index is 8.66. The fraction of sp³-hybridized carbons (Fsp3) is 0.385. The molecule has 3 aromatic carbocycles. The van der Waals surface area contributed by atoms with E-state index in [2.05, 4.69) is 79.4 Å². The summed E-state index contributed by atoms with van der Waals surface area (Å²) in [5.74, 6) is 0. The van der Waals surface area contributed by atoms with Crippen molar-refractivity contribution in [2.45, 2.75) is 66.0 Å². The van der Waals surface area contributed by atoms with Gasteiger partial charge in [-0.15, -0.1) is 70.1 Å². The van der Waals surface area contributed by atoms with Crippen LogP contribution in [0.3, 0.4) is 0 Å². The van der Waals surface area contributed by atoms with E-state index in [0.717, 1.165) is 9.52 Å². The van der Waals surface area contributed by atoms with E-state index >= 15 is 0 Å². The monoisotopic (exact) mass is 563 g/mol. The second-order valence-electron chi connectivity index (χ2n) is 8.24. The summed E-state index contributed by atoms with van der Waals surface area (Å²) in [6.45, 7) is 20.5. The Bertz CT molecular complexity index is 711. The van der Waals surface area contributed by atoms with Crippen molar-refractivity contribution in [3.05, 3.63) is 74.7 Å². The first-order chi connectivity index (χ1) is 13.9. The molecule has 0 aliphatic rings. The standard InChI is InChI=1S/C13H9.C4H10N.C3H10OSi.C2H6Si.C2H5.CH3.CH2.2ClH.Ti/c1-3-7-12-10(5-1)9-11-6-2-4-8-13(11)12;1-4(2,3)5;1-5(2,3)4;1-3-2;1-2;;;;;/h1-9H;5H,1-3H3;4H,1-3H3;1-2H3;1H2,2H3;1H3;1H2;2*1H;/q2*-1;;;2*-1;;;;. The van der Waals surface area contributed by atoms with Crippen molar-refractivity contribution in [2.24, 2.45) is 0 Å². The number of hydrogen-bond donors (Lipinski definition) is 1. The largest absolute Gasteiger partial charge is 0.358 e. The van der Waals surface area contributed by atoms with Crippen LogP contribution in [0, 0.1) is 14.4 Å². The number of nitrogens with one attached hydrogen (secondary N) is 1. The molecule has 33 heavy (non-hydrogen) atoms. The number of rotatable bonds is 0. The van der Waals surface area contributed by atoms with Crippen molar-refractivity contribution >= 4 is 69.0 Å². The van der Waals surface area contributed by atoms with Crippen LogP contribution in [-0.2, 0) is 20.0 Å². The van der Waals surface area contributed by atoms with Crippen molar-refractivity contribution in [3.8, 4) is 0 Å². The van der Waals surface area contributed by atoms with E-state index in [1.165, 1.54) is 21.5 Å². The van der Waals surface area contributed by atoms with Crippen LogP contribution in [0.15, 0.2) is 54.6 Å². The van der Waals surface area contributed by atoms with E-state index < -0.39 is 8.32 Å². The number of benzene rings is 2. The Labute approximate surface area is 233 Å². The van der Waals surface area contributed by atoms with E-state index in [9.17, 15) is 0 Å². The van der Waals surface area contributed by atoms with Gasteiger partial charge in [0.2, 0.25) is 0 Å². The first-order valence-corrected chi connectivity index (χ1v) is 16.6. The summed E-state index contributed by atoms with van der Waals surface area (Å²) < 4.78 is 0. The van der Waals surface area contributed by atoms with Crippen LogP contribution in [0.4, 0.5) is 0 Å². The third kappa shape index (κ3) is 31.8. The third-order valence-electron chi connectivity index (χ3n) is 2.52. The van der Waals surface area contributed by atoms with Crippen molar-refractivity contribution in [1.29, 1.82) is 0 Å². The van der Waals surface area contributed by atoms with E-state index in [1.807, 2.05) is 40.4 Å². The van der Waals surface area contributed by atoms with Crippen LogP contribution in [0.5, 0.6) is 0 Å². The van der Waals surface area contributed by atoms with E-state index in [1.54, 1.807) is 26.9 Å². The quantitative estimate of drug-likeness (QED) is 0.215. The summed E-state index contributed by atoms with van der Waals surface area (Å²) in [6, 6.07) is 19.3. The van der Waals surface area contributed by atoms with Gasteiger partial charge in [-0.05, 0) is 19.6 Å². The Morgan fingerprint density at radius 3 is 1.27 bits per heavy atom. The molecule has 0 unspecified atom stereocenters. The predicted octanol–water partition coefficient (Wildman–Crippen LogP) is 9.25. The molecule has 2 nitrogen and oxygen atoms in total. The SMILES string of the molecule is CC(C)(C)[NH-].C[Si](C)(C)O.C[Si]C.Cl.Cl.[CH2-]C.[CH2]=[Ti].[CH3-].c1ccc2c(c1)[cH-]c1ccccc12. The molecule has 0 heterocycles. The summed E-state index contributed by atoms with van der Waals surface area (Å²) in [6.07, 6.45) is 0. The summed E-state index contributed by atoms with van der Waals surface area (Å²) in [4.78, 5) is 11.9. The predicted molar refractivity (Wildman–Crippen MR) is 163 cm³/mol. The van der Waals surface area contributed by atoms with Crippen LogP contribution in [-0.4, -0.2) is 33.0 Å². The second-order valence-corrected chi connectivity index (χ2v) is 13.6. The summed E-state index contributed by atoms with van der Waals surface area (Å²) >= 11 is 1.75. The molecule has 0 aromatic heterocycles. The zero-order chi connectivity index (χ0) is 24.4. The zero-order valence-electron chi connectivity index (χ0n) is 22.4. The molecule has 3 rings (SSSR count). The molecule has 0 saturated carbocycles. The molecule has 2 N–H and O–H groups in total. The van der Waals surface area contributed by atoms with Gasteiger partial charge in [-0.3, -0.25) is 0 Å². The minimum atomic E-state index is -1.61. The topological polar surface area (TPSA) is 44.0 Å². The number of halogens is 2. The molecule has 7 heteroatoms. The molecule has 0 aliphatic heterocycles. The molecule has 0 spiro atoms. The Kier molecular flexibility index (Phi) is 37.0. The Balaban J connectivity index is -0.0000000788. The van der Waals surface area contributed by atoms with Gasteiger partial charge in [0.05, 0.1) is 0 Å². The molecule has 0 fully saturated rings. The summed E-state index contributed by atoms with van der Waals surface area (Å²) in [5.41, 5.74) is 6.69. The van der Waals surface area contributed by atoms with Crippen LogP contribution in [0.25, 0.3) is 27.3 Å². The second kappa shape index (κ2) is 26.4. The fourth-order valence-corrected chi connectivity index (χ4v) is 1.90. The van der Waals surface area contributed by atoms with Crippen LogP contribution in [0.2, 0.25) is 32.7 Å². The maximum Gasteiger partial charge on any atom is -0.0771 e. The maximum absolute atomic E-state index is 8.66. The third-order valence-corrected chi connectivity index (χ3v) is 2.52. The van der Waals surface area contributed by atoms with Gasteiger partial charge >= 0.3 is 24.8 Å². The minimum Gasteiger partial charge on any atom is -0.358 e. The van der Waals surface area contributed by atoms with Gasteiger partial charge in [-0.2, -0.15) is 6.92 Å². The molecular formula is C26H47Cl2NOSi2Ti-4. The molecule has 0 bridgehead atoms. The summed E-state index contributed by atoms with van der Waals surface area (Å²) in [7, 11) is -0.528. The zero-order valence-corrected chi connectivity index (χ0v) is 27.6. The Hall–Kier alpha value is -0.172. The molecule has 0 aliphatic carbocycles. The molecule has 0 amide bonds. The average Bonchev–Trinajstić information content (AvgIpc) is 3.02. The summed E-state index contributed by atoms with van der Waals surface area (Å²) in [5, 5.41) is 5.39. The van der Waals surface area contributed by atoms with Gasteiger partial charge in [0.25, 0.3) is 0 Å². The van der Waals surface area contributed by atoms with Crippen LogP contribution in [0.1, 0.15) is 27.7 Å². The van der Waals surface area contributed by atoms with E-state index in [4.69, 9.17) is 10.5 Å². The molecule has 192 valence electrons. The van der Waals surface area contributed by atoms with Crippen molar-refractivity contribution in [1.82, 2.24) is 0 Å². The van der Waals surface area contributed by atoms with Crippen molar-refractivity contribution in [2.75, 3.05) is 0 Å². The Morgan fingerprint density at radius 1 is 0.879 bits per heavy atom. The molecular weight excluding hydrogens is 517 g/mol. The van der Waals surface area contributed by atoms with Crippen LogP contribution < -0.4 is 0 Å². The molecule has 3 aromatic rings. The normalized spacial score (nSPS) is 8.82. The fourth-order valence-electron chi connectivity index (χ4n) is 1.90. The van der Waals surface area contributed by atoms with Gasteiger partial charge < -0.3 is 24.9 Å². The van der Waals surface area contributed by atoms with Gasteiger partial charge in [-0.25, -0.2) is 0 Å².